The van der Waals surface area contributed by atoms with Crippen LogP contribution in [0, 0.1) is 0 Å². The van der Waals surface area contributed by atoms with Crippen molar-refractivity contribution in [1.82, 2.24) is 15.2 Å². The summed E-state index contributed by atoms with van der Waals surface area (Å²) in [7, 11) is 0. The molecule has 1 unspecified atom stereocenters. The molecule has 98 valence electrons. The van der Waals surface area contributed by atoms with Gasteiger partial charge in [-0.15, -0.1) is 0 Å². The predicted molar refractivity (Wildman–Crippen MR) is 70.0 cm³/mol. The maximum atomic E-state index is 11.6. The summed E-state index contributed by atoms with van der Waals surface area (Å²) < 4.78 is 0. The van der Waals surface area contributed by atoms with E-state index in [4.69, 9.17) is 0 Å². The molecule has 3 heterocycles. The van der Waals surface area contributed by atoms with E-state index in [1.165, 1.54) is 12.1 Å². The van der Waals surface area contributed by atoms with Crippen molar-refractivity contribution in [3.05, 3.63) is 24.0 Å². The number of aromatic nitrogens is 1. The Morgan fingerprint density at radius 2 is 2.22 bits per heavy atom. The van der Waals surface area contributed by atoms with E-state index < -0.39 is 0 Å². The van der Waals surface area contributed by atoms with Crippen LogP contribution in [-0.4, -0.2) is 34.4 Å². The minimum absolute atomic E-state index is 0.0557. The molecule has 1 amide bonds. The lowest BCUT2D eigenvalue weighted by Crippen LogP contribution is -2.60. The molecule has 18 heavy (non-hydrogen) atoms. The largest absolute Gasteiger partial charge is 0.364 e. The molecule has 1 spiro atoms. The number of carbonyl (C=O) groups excluding carboxylic acids is 1. The highest BCUT2D eigenvalue weighted by Gasteiger charge is 2.38. The van der Waals surface area contributed by atoms with Gasteiger partial charge in [0.15, 0.2) is 0 Å². The standard InChI is InChI=1S/C14H21N3O/c18-13-5-1-6-14(16-13)7-3-9-17(11-14)10-12-4-2-8-15-12/h2,4,8,15H,1,3,5-7,9-11H2,(H,16,18). The van der Waals surface area contributed by atoms with E-state index in [0.29, 0.717) is 6.42 Å². The summed E-state index contributed by atoms with van der Waals surface area (Å²) in [5.74, 6) is 0.239. The van der Waals surface area contributed by atoms with Crippen molar-refractivity contribution in [2.24, 2.45) is 0 Å². The van der Waals surface area contributed by atoms with Crippen molar-refractivity contribution in [3.63, 3.8) is 0 Å². The number of rotatable bonds is 2. The Kier molecular flexibility index (Phi) is 3.12. The van der Waals surface area contributed by atoms with Crippen LogP contribution < -0.4 is 5.32 Å². The number of nitrogens with zero attached hydrogens (tertiary/aromatic N) is 1. The van der Waals surface area contributed by atoms with Crippen LogP contribution in [0.25, 0.3) is 0 Å². The third-order valence-electron chi connectivity index (χ3n) is 4.18. The zero-order chi connectivity index (χ0) is 12.4. The van der Waals surface area contributed by atoms with Crippen molar-refractivity contribution >= 4 is 5.91 Å². The van der Waals surface area contributed by atoms with E-state index in [-0.39, 0.29) is 11.4 Å². The van der Waals surface area contributed by atoms with E-state index in [2.05, 4.69) is 21.3 Å². The Balaban J connectivity index is 1.66. The second kappa shape index (κ2) is 4.76. The highest BCUT2D eigenvalue weighted by atomic mass is 16.1. The van der Waals surface area contributed by atoms with Crippen molar-refractivity contribution in [2.45, 2.75) is 44.2 Å². The van der Waals surface area contributed by atoms with Crippen LogP contribution in [0.3, 0.4) is 0 Å². The molecule has 1 atom stereocenters. The molecule has 2 N–H and O–H groups in total. The van der Waals surface area contributed by atoms with Crippen LogP contribution in [0.5, 0.6) is 0 Å². The molecule has 3 rings (SSSR count). The zero-order valence-electron chi connectivity index (χ0n) is 10.7. The Hall–Kier alpha value is -1.29. The quantitative estimate of drug-likeness (QED) is 0.835. The third kappa shape index (κ3) is 2.43. The Morgan fingerprint density at radius 3 is 3.00 bits per heavy atom. The lowest BCUT2D eigenvalue weighted by atomic mass is 9.81. The number of carbonyl (C=O) groups is 1. The minimum atomic E-state index is 0.0557. The Morgan fingerprint density at radius 1 is 1.33 bits per heavy atom. The molecule has 4 nitrogen and oxygen atoms in total. The van der Waals surface area contributed by atoms with Gasteiger partial charge < -0.3 is 10.3 Å². The average Bonchev–Trinajstić information content (AvgIpc) is 2.81. The van der Waals surface area contributed by atoms with Crippen LogP contribution in [-0.2, 0) is 11.3 Å². The molecule has 0 saturated carbocycles. The monoisotopic (exact) mass is 247 g/mol. The third-order valence-corrected chi connectivity index (χ3v) is 4.18. The van der Waals surface area contributed by atoms with Gasteiger partial charge >= 0.3 is 0 Å². The van der Waals surface area contributed by atoms with Gasteiger partial charge in [0.2, 0.25) is 5.91 Å². The fraction of sp³-hybridized carbons (Fsp3) is 0.643. The number of hydrogen-bond acceptors (Lipinski definition) is 2. The van der Waals surface area contributed by atoms with Crippen LogP contribution in [0.1, 0.15) is 37.8 Å². The van der Waals surface area contributed by atoms with E-state index >= 15 is 0 Å². The lowest BCUT2D eigenvalue weighted by Gasteiger charge is -2.45. The van der Waals surface area contributed by atoms with Crippen LogP contribution in [0.15, 0.2) is 18.3 Å². The molecule has 0 aromatic carbocycles. The highest BCUT2D eigenvalue weighted by Crippen LogP contribution is 2.30. The first-order valence-electron chi connectivity index (χ1n) is 6.91. The molecular weight excluding hydrogens is 226 g/mol. The first-order valence-corrected chi connectivity index (χ1v) is 6.91. The number of piperidine rings is 2. The zero-order valence-corrected chi connectivity index (χ0v) is 10.7. The maximum absolute atomic E-state index is 11.6. The molecule has 2 aliphatic rings. The van der Waals surface area contributed by atoms with Gasteiger partial charge in [0.05, 0.1) is 5.54 Å². The summed E-state index contributed by atoms with van der Waals surface area (Å²) in [6, 6.07) is 4.16. The number of nitrogens with one attached hydrogen (secondary N) is 2. The number of amides is 1. The van der Waals surface area contributed by atoms with Gasteiger partial charge in [0.25, 0.3) is 0 Å². The fourth-order valence-electron chi connectivity index (χ4n) is 3.38. The Bertz CT molecular complexity index is 411. The molecular formula is C14H21N3O. The summed E-state index contributed by atoms with van der Waals surface area (Å²) in [5, 5.41) is 3.25. The summed E-state index contributed by atoms with van der Waals surface area (Å²) >= 11 is 0. The summed E-state index contributed by atoms with van der Waals surface area (Å²) in [6.07, 6.45) is 7.18. The molecule has 2 fully saturated rings. The molecule has 1 aromatic rings. The normalized spacial score (nSPS) is 29.4. The van der Waals surface area contributed by atoms with Gasteiger partial charge in [0, 0.05) is 31.4 Å². The topological polar surface area (TPSA) is 48.1 Å². The first kappa shape index (κ1) is 11.8. The van der Waals surface area contributed by atoms with E-state index in [9.17, 15) is 4.79 Å². The first-order chi connectivity index (χ1) is 8.76. The van der Waals surface area contributed by atoms with Crippen LogP contribution in [0.2, 0.25) is 0 Å². The van der Waals surface area contributed by atoms with Crippen molar-refractivity contribution in [3.8, 4) is 0 Å². The minimum Gasteiger partial charge on any atom is -0.364 e. The van der Waals surface area contributed by atoms with Gasteiger partial charge in [-0.1, -0.05) is 0 Å². The lowest BCUT2D eigenvalue weighted by molar-refractivity contribution is -0.126. The fourth-order valence-corrected chi connectivity index (χ4v) is 3.38. The van der Waals surface area contributed by atoms with E-state index in [1.807, 2.05) is 12.3 Å². The van der Waals surface area contributed by atoms with Gasteiger partial charge in [-0.2, -0.15) is 0 Å². The van der Waals surface area contributed by atoms with E-state index in [1.54, 1.807) is 0 Å². The highest BCUT2D eigenvalue weighted by molar-refractivity contribution is 5.77. The van der Waals surface area contributed by atoms with Crippen molar-refractivity contribution < 1.29 is 4.79 Å². The molecule has 1 aromatic heterocycles. The summed E-state index contributed by atoms with van der Waals surface area (Å²) in [5.41, 5.74) is 1.31. The molecule has 2 saturated heterocycles. The number of H-pyrrole nitrogens is 1. The molecule has 0 aliphatic carbocycles. The van der Waals surface area contributed by atoms with Gasteiger partial charge in [-0.25, -0.2) is 0 Å². The summed E-state index contributed by atoms with van der Waals surface area (Å²) in [6.45, 7) is 3.10. The van der Waals surface area contributed by atoms with Crippen molar-refractivity contribution in [1.29, 1.82) is 0 Å². The Labute approximate surface area is 108 Å². The molecule has 2 aliphatic heterocycles. The SMILES string of the molecule is O=C1CCCC2(CCCN(Cc3ccc[nH]3)C2)N1. The van der Waals surface area contributed by atoms with Gasteiger partial charge in [-0.3, -0.25) is 9.69 Å². The molecule has 0 bridgehead atoms. The number of hydrogen-bond donors (Lipinski definition) is 2. The van der Waals surface area contributed by atoms with Crippen molar-refractivity contribution in [2.75, 3.05) is 13.1 Å². The second-order valence-corrected chi connectivity index (χ2v) is 5.69. The maximum Gasteiger partial charge on any atom is 0.220 e. The van der Waals surface area contributed by atoms with Crippen LogP contribution in [0.4, 0.5) is 0 Å². The van der Waals surface area contributed by atoms with Crippen LogP contribution >= 0.6 is 0 Å². The second-order valence-electron chi connectivity index (χ2n) is 5.69. The smallest absolute Gasteiger partial charge is 0.220 e. The predicted octanol–water partition coefficient (Wildman–Crippen LogP) is 1.65. The van der Waals surface area contributed by atoms with Gasteiger partial charge in [0.1, 0.15) is 0 Å². The number of likely N-dealkylation sites (tertiary alicyclic amines) is 1. The molecule has 4 heteroatoms. The number of aromatic amines is 1. The molecule has 0 radical (unpaired) electrons. The van der Waals surface area contributed by atoms with E-state index in [0.717, 1.165) is 38.9 Å². The average molecular weight is 247 g/mol. The summed E-state index contributed by atoms with van der Waals surface area (Å²) in [4.78, 5) is 17.3. The van der Waals surface area contributed by atoms with Gasteiger partial charge in [-0.05, 0) is 44.4 Å².